The van der Waals surface area contributed by atoms with Crippen LogP contribution in [0.25, 0.3) is 0 Å². The van der Waals surface area contributed by atoms with Crippen LogP contribution < -0.4 is 0 Å². The topological polar surface area (TPSA) is 45.1 Å². The Labute approximate surface area is 143 Å². The van der Waals surface area contributed by atoms with Crippen LogP contribution in [-0.4, -0.2) is 35.8 Å². The van der Waals surface area contributed by atoms with Crippen LogP contribution >= 0.6 is 11.8 Å². The van der Waals surface area contributed by atoms with Crippen molar-refractivity contribution >= 4 is 23.3 Å². The number of halogens is 1. The summed E-state index contributed by atoms with van der Waals surface area (Å²) in [4.78, 5) is 16.7. The maximum absolute atomic E-state index is 13.9. The average molecular weight is 345 g/mol. The first kappa shape index (κ1) is 16.5. The molecule has 0 N–H and O–H groups in total. The quantitative estimate of drug-likeness (QED) is 0.798. The Kier molecular flexibility index (Phi) is 4.55. The predicted molar refractivity (Wildman–Crippen MR) is 91.7 cm³/mol. The summed E-state index contributed by atoms with van der Waals surface area (Å²) in [5.74, 6) is -0.372. The molecule has 0 radical (unpaired) electrons. The first-order valence-electron chi connectivity index (χ1n) is 7.23. The molecule has 1 unspecified atom stereocenters. The summed E-state index contributed by atoms with van der Waals surface area (Å²) in [6, 6.07) is 15.2. The number of hydrogen-bond donors (Lipinski definition) is 0. The largest absolute Gasteiger partial charge is 0.366 e. The van der Waals surface area contributed by atoms with Crippen molar-refractivity contribution < 1.29 is 14.0 Å². The van der Waals surface area contributed by atoms with Crippen molar-refractivity contribution in [2.45, 2.75) is 4.87 Å². The molecule has 0 aliphatic carbocycles. The van der Waals surface area contributed by atoms with E-state index in [4.69, 9.17) is 4.84 Å². The molecule has 124 valence electrons. The molecule has 2 aromatic rings. The monoisotopic (exact) mass is 345 g/mol. The van der Waals surface area contributed by atoms with Gasteiger partial charge in [-0.15, -0.1) is 0 Å². The molecule has 0 saturated heterocycles. The van der Waals surface area contributed by atoms with Crippen LogP contribution in [-0.2, 0) is 9.71 Å². The zero-order valence-corrected chi connectivity index (χ0v) is 14.0. The summed E-state index contributed by atoms with van der Waals surface area (Å²) in [5, 5.41) is 6.61. The Bertz CT molecular complexity index is 771. The number of carbonyl (C=O) groups excluding carboxylic acids is 1. The molecule has 7 heteroatoms. The van der Waals surface area contributed by atoms with Crippen LogP contribution in [0.4, 0.5) is 9.18 Å². The normalized spacial score (nSPS) is 19.5. The highest BCUT2D eigenvalue weighted by molar-refractivity contribution is 8.13. The summed E-state index contributed by atoms with van der Waals surface area (Å²) in [5.41, 5.74) is 3.02. The summed E-state index contributed by atoms with van der Waals surface area (Å²) in [6.07, 6.45) is 0. The second-order valence-corrected chi connectivity index (χ2v) is 6.17. The minimum Gasteiger partial charge on any atom is -0.273 e. The second-order valence-electron chi connectivity index (χ2n) is 5.13. The van der Waals surface area contributed by atoms with Gasteiger partial charge in [-0.05, 0) is 23.3 Å². The molecule has 2 amide bonds. The fourth-order valence-electron chi connectivity index (χ4n) is 2.58. The zero-order valence-electron chi connectivity index (χ0n) is 13.2. The van der Waals surface area contributed by atoms with E-state index in [0.717, 1.165) is 10.6 Å². The number of hydrazone groups is 1. The molecule has 1 aliphatic heterocycles. The molecule has 24 heavy (non-hydrogen) atoms. The van der Waals surface area contributed by atoms with Gasteiger partial charge in [0.2, 0.25) is 0 Å². The number of thioether (sulfide) groups is 1. The van der Waals surface area contributed by atoms with Gasteiger partial charge in [0.1, 0.15) is 5.82 Å². The molecule has 1 atom stereocenters. The van der Waals surface area contributed by atoms with Gasteiger partial charge in [-0.25, -0.2) is 14.2 Å². The molecule has 0 aromatic heterocycles. The van der Waals surface area contributed by atoms with Crippen molar-refractivity contribution in [3.05, 3.63) is 71.5 Å². The molecular weight excluding hydrogens is 329 g/mol. The third kappa shape index (κ3) is 2.65. The zero-order chi connectivity index (χ0) is 17.2. The number of nitrogens with zero attached hydrogens (tertiary/aromatic N) is 3. The van der Waals surface area contributed by atoms with Crippen molar-refractivity contribution in [2.75, 3.05) is 14.2 Å². The smallest absolute Gasteiger partial charge is 0.273 e. The van der Waals surface area contributed by atoms with E-state index in [2.05, 4.69) is 5.10 Å². The molecule has 2 aromatic carbocycles. The van der Waals surface area contributed by atoms with E-state index < -0.39 is 10.9 Å². The molecular formula is C17H16FN3O2S. The summed E-state index contributed by atoms with van der Waals surface area (Å²) in [7, 11) is 2.90. The Balaban J connectivity index is 2.18. The van der Waals surface area contributed by atoms with Gasteiger partial charge in [0.25, 0.3) is 0 Å². The van der Waals surface area contributed by atoms with Crippen LogP contribution in [0.1, 0.15) is 11.1 Å². The standard InChI is InChI=1S/C17H16FN3O2S/c1-20(23-2)16(22)21-17(24-12-19-21,13-7-4-3-5-8-13)14-9-6-10-15(18)11-14/h3-12H,1-2H3. The van der Waals surface area contributed by atoms with Crippen LogP contribution in [0.15, 0.2) is 59.7 Å². The van der Waals surface area contributed by atoms with Gasteiger partial charge in [0.15, 0.2) is 4.87 Å². The highest BCUT2D eigenvalue weighted by Gasteiger charge is 2.48. The van der Waals surface area contributed by atoms with E-state index in [9.17, 15) is 9.18 Å². The maximum atomic E-state index is 13.9. The number of rotatable bonds is 3. The molecule has 1 aliphatic rings. The fraction of sp³-hybridized carbons (Fsp3) is 0.176. The molecule has 5 nitrogen and oxygen atoms in total. The first-order valence-corrected chi connectivity index (χ1v) is 8.11. The van der Waals surface area contributed by atoms with Crippen LogP contribution in [0.3, 0.4) is 0 Å². The minimum absolute atomic E-state index is 0.372. The van der Waals surface area contributed by atoms with Crippen molar-refractivity contribution in [3.8, 4) is 0 Å². The van der Waals surface area contributed by atoms with E-state index in [-0.39, 0.29) is 5.82 Å². The molecule has 0 saturated carbocycles. The Morgan fingerprint density at radius 3 is 2.58 bits per heavy atom. The summed E-state index contributed by atoms with van der Waals surface area (Å²) < 4.78 is 13.9. The lowest BCUT2D eigenvalue weighted by Gasteiger charge is -2.37. The van der Waals surface area contributed by atoms with Crippen molar-refractivity contribution in [1.82, 2.24) is 10.1 Å². The number of amides is 2. The number of hydroxylamine groups is 2. The van der Waals surface area contributed by atoms with Gasteiger partial charge in [-0.3, -0.25) is 4.84 Å². The summed E-state index contributed by atoms with van der Waals surface area (Å²) in [6.45, 7) is 0. The van der Waals surface area contributed by atoms with Crippen molar-refractivity contribution in [1.29, 1.82) is 0 Å². The van der Waals surface area contributed by atoms with Gasteiger partial charge >= 0.3 is 6.03 Å². The maximum Gasteiger partial charge on any atom is 0.366 e. The number of benzene rings is 2. The molecule has 3 rings (SSSR count). The Hall–Kier alpha value is -2.38. The van der Waals surface area contributed by atoms with E-state index in [0.29, 0.717) is 5.56 Å². The lowest BCUT2D eigenvalue weighted by molar-refractivity contribution is -0.0788. The third-order valence-electron chi connectivity index (χ3n) is 3.79. The Morgan fingerprint density at radius 1 is 1.21 bits per heavy atom. The van der Waals surface area contributed by atoms with E-state index in [1.54, 1.807) is 17.7 Å². The molecule has 0 fully saturated rings. The molecule has 0 bridgehead atoms. The average Bonchev–Trinajstić information content (AvgIpc) is 3.07. The van der Waals surface area contributed by atoms with Crippen LogP contribution in [0, 0.1) is 5.82 Å². The number of urea groups is 1. The summed E-state index contributed by atoms with van der Waals surface area (Å²) >= 11 is 1.33. The number of hydrogen-bond acceptors (Lipinski definition) is 4. The first-order chi connectivity index (χ1) is 11.6. The van der Waals surface area contributed by atoms with Gasteiger partial charge < -0.3 is 0 Å². The van der Waals surface area contributed by atoms with Gasteiger partial charge in [-0.2, -0.15) is 10.1 Å². The molecule has 1 heterocycles. The van der Waals surface area contributed by atoms with Crippen LogP contribution in [0.2, 0.25) is 0 Å². The third-order valence-corrected chi connectivity index (χ3v) is 4.97. The second kappa shape index (κ2) is 6.62. The van der Waals surface area contributed by atoms with E-state index in [1.165, 1.54) is 43.1 Å². The van der Waals surface area contributed by atoms with Crippen molar-refractivity contribution in [2.24, 2.45) is 5.10 Å². The molecule has 0 spiro atoms. The van der Waals surface area contributed by atoms with E-state index >= 15 is 0 Å². The van der Waals surface area contributed by atoms with Gasteiger partial charge in [0, 0.05) is 7.05 Å². The minimum atomic E-state index is -0.993. The fourth-order valence-corrected chi connectivity index (χ4v) is 3.64. The van der Waals surface area contributed by atoms with Gasteiger partial charge in [0.05, 0.1) is 12.7 Å². The van der Waals surface area contributed by atoms with Crippen molar-refractivity contribution in [3.63, 3.8) is 0 Å². The van der Waals surface area contributed by atoms with Gasteiger partial charge in [-0.1, -0.05) is 54.2 Å². The Morgan fingerprint density at radius 2 is 1.92 bits per heavy atom. The predicted octanol–water partition coefficient (Wildman–Crippen LogP) is 3.63. The highest BCUT2D eigenvalue weighted by Crippen LogP contribution is 2.48. The van der Waals surface area contributed by atoms with E-state index in [1.807, 2.05) is 30.3 Å². The SMILES string of the molecule is CON(C)C(=O)N1N=CSC1(c1ccccc1)c1cccc(F)c1. The lowest BCUT2D eigenvalue weighted by atomic mass is 9.97. The lowest BCUT2D eigenvalue weighted by Crippen LogP contribution is -2.47. The highest BCUT2D eigenvalue weighted by atomic mass is 32.2. The van der Waals surface area contributed by atoms with Crippen LogP contribution in [0.5, 0.6) is 0 Å². The number of carbonyl (C=O) groups is 1.